The molecule has 3 aliphatic heterocycles. The number of ether oxygens (including phenoxy) is 5. The molecule has 6 aromatic heterocycles. The van der Waals surface area contributed by atoms with E-state index >= 15 is 4.79 Å². The number of methoxy groups -OCH3 is 3. The zero-order valence-electron chi connectivity index (χ0n) is 74.6. The number of carbonyl (C=O) groups excluding carboxylic acids is 4. The third-order valence-corrected chi connectivity index (χ3v) is 31.0. The average Bonchev–Trinajstić information content (AvgIpc) is 1.57. The minimum atomic E-state index is -4.09. The number of amides is 2. The number of nitrogens with one attached hydrogen (secondary N) is 2. The normalized spacial score (nSPS) is 17.6. The zero-order valence-corrected chi connectivity index (χ0v) is 76.2. The number of carbonyl (C=O) groups is 6. The van der Waals surface area contributed by atoms with Crippen molar-refractivity contribution in [2.45, 2.75) is 178 Å². The van der Waals surface area contributed by atoms with Crippen LogP contribution in [0, 0.1) is 5.92 Å². The number of hydrogen-bond donors (Lipinski definition) is 4. The van der Waals surface area contributed by atoms with Gasteiger partial charge in [0.05, 0.1) is 122 Å². The number of allylic oxidation sites excluding steroid dienone is 3. The Morgan fingerprint density at radius 2 is 0.862 bits per heavy atom. The summed E-state index contributed by atoms with van der Waals surface area (Å²) in [5, 5.41) is 37.6. The summed E-state index contributed by atoms with van der Waals surface area (Å²) in [5.74, 6) is -3.38. The average molecular weight is 1800 g/mol. The highest BCUT2D eigenvalue weighted by molar-refractivity contribution is 7.90. The van der Waals surface area contributed by atoms with Gasteiger partial charge in [0.1, 0.15) is 33.9 Å². The molecule has 130 heavy (non-hydrogen) atoms. The number of rotatable bonds is 24. The van der Waals surface area contributed by atoms with Crippen molar-refractivity contribution in [2.24, 2.45) is 27.1 Å². The largest absolute Gasteiger partial charge is 0.497 e. The molecule has 6 aromatic carbocycles. The fraction of sp³-hybridized carbons (Fsp3) is 0.370. The molecule has 3 saturated carbocycles. The molecule has 6 aliphatic rings. The maximum atomic E-state index is 15.2. The van der Waals surface area contributed by atoms with Gasteiger partial charge in [-0.1, -0.05) is 50.3 Å². The van der Waals surface area contributed by atoms with Gasteiger partial charge in [-0.3, -0.25) is 23.6 Å². The number of fused-ring (bicyclic) bond motifs is 15. The summed E-state index contributed by atoms with van der Waals surface area (Å²) in [7, 11) is 2.05. The van der Waals surface area contributed by atoms with Gasteiger partial charge in [0, 0.05) is 87.6 Å². The van der Waals surface area contributed by atoms with E-state index in [4.69, 9.17) is 33.9 Å². The molecule has 674 valence electrons. The van der Waals surface area contributed by atoms with E-state index in [1.54, 1.807) is 99.8 Å². The SMILES string of the molecule is CCOC(=O)c1cnn(C)c1C1=Cc2cc(OC)ccc2-c2c(C3CCCC(CCOC(=O)c4cnn(C)c4C4=Cc5cc(OC)ccc5-c5c(C6CCC(c7nn(C)c(C8=Cc9cc(OC)ccc9-c9c(C%10CCCCC%10)c%10ccc(C(=O)NS(=O)(=O)C(C)C)cc%10n9C8)c7C(=O)O)CC6)c6ccc(C(=O)NS(=O)(=O)C(C)C)cc6n5C4)C3)c3ccc(C(=O)O)cc3n2C1. The van der Waals surface area contributed by atoms with Crippen molar-refractivity contribution in [3.8, 4) is 51.0 Å². The van der Waals surface area contributed by atoms with Crippen molar-refractivity contribution in [1.82, 2.24) is 52.5 Å². The van der Waals surface area contributed by atoms with Crippen molar-refractivity contribution in [3.05, 3.63) is 211 Å². The molecule has 0 radical (unpaired) electrons. The molecule has 12 aromatic rings. The summed E-state index contributed by atoms with van der Waals surface area (Å²) in [5.41, 5.74) is 17.8. The van der Waals surface area contributed by atoms with Gasteiger partial charge in [-0.25, -0.2) is 45.5 Å². The van der Waals surface area contributed by atoms with Crippen LogP contribution in [0.5, 0.6) is 17.2 Å². The van der Waals surface area contributed by atoms with Gasteiger partial charge < -0.3 is 47.6 Å². The first kappa shape index (κ1) is 87.6. The molecular weight excluding hydrogens is 1690 g/mol. The van der Waals surface area contributed by atoms with Crippen LogP contribution in [0.25, 0.3) is 101 Å². The van der Waals surface area contributed by atoms with Gasteiger partial charge in [-0.2, -0.15) is 15.3 Å². The number of nitrogens with zero attached hydrogens (tertiary/aromatic N) is 9. The highest BCUT2D eigenvalue weighted by atomic mass is 32.2. The number of benzene rings is 6. The summed E-state index contributed by atoms with van der Waals surface area (Å²) < 4.78 is 99.0. The van der Waals surface area contributed by atoms with Gasteiger partial charge in [0.15, 0.2) is 0 Å². The van der Waals surface area contributed by atoms with E-state index in [9.17, 15) is 51.0 Å². The molecule has 0 saturated heterocycles. The van der Waals surface area contributed by atoms with Crippen LogP contribution in [0.15, 0.2) is 122 Å². The predicted molar refractivity (Wildman–Crippen MR) is 497 cm³/mol. The van der Waals surface area contributed by atoms with Crippen LogP contribution >= 0.6 is 0 Å². The van der Waals surface area contributed by atoms with E-state index in [0.29, 0.717) is 99.9 Å². The molecular formula is C100H105N11O17S2. The number of aromatic carboxylic acids is 2. The first-order valence-corrected chi connectivity index (χ1v) is 47.7. The summed E-state index contributed by atoms with van der Waals surface area (Å²) in [6.07, 6.45) is 20.2. The molecule has 3 fully saturated rings. The predicted octanol–water partition coefficient (Wildman–Crippen LogP) is 18.0. The lowest BCUT2D eigenvalue weighted by Gasteiger charge is -2.30. The standard InChI is InChI=1S/C100H105N11O17S2/c1-12-127-99(118)79-49-101-106(6)89(79)67-41-65-44-71(125-10)30-36-75(65)94-86(78-33-27-63(97(114)115)48-83(78)110(94)52-67)60-20-16-17-56(39-60)37-38-128-100(119)80-50-102-107(7)90(80)68-40-64-43-70(124-9)28-34-73(64)93-85(77-32-26-62(47-82(77)109(93)51-68)96(113)105-130(122,123)55(4)5)58-21-23-59(24-22-58)88-87(98(116)117)91(108(8)103-88)69-42-66-45-72(126-11)29-35-74(66)92-84(57-18-14-13-15-19-57)76-31-25-61(46-81(76)111(92)53-69)95(112)104-129(120,121)54(2)3/h25-36,40-50,54-60H,12-24,37-39,51-53H2,1-11H3,(H,104,112)(H,105,113)(H,114,115)(H,116,117). The van der Waals surface area contributed by atoms with Gasteiger partial charge >= 0.3 is 23.9 Å². The number of carboxylic acid groups (broad SMARTS) is 2. The lowest BCUT2D eigenvalue weighted by atomic mass is 9.75. The molecule has 18 rings (SSSR count). The number of sulfonamides is 2. The van der Waals surface area contributed by atoms with Crippen molar-refractivity contribution >= 4 is 123 Å². The fourth-order valence-corrected chi connectivity index (χ4v) is 22.4. The number of hydrogen-bond acceptors (Lipinski definition) is 18. The quantitative estimate of drug-likeness (QED) is 0.0408. The summed E-state index contributed by atoms with van der Waals surface area (Å²) in [4.78, 5) is 84.5. The van der Waals surface area contributed by atoms with Crippen LogP contribution in [-0.4, -0.2) is 151 Å². The van der Waals surface area contributed by atoms with Gasteiger partial charge in [0.25, 0.3) is 11.8 Å². The lowest BCUT2D eigenvalue weighted by molar-refractivity contribution is 0.0469. The molecule has 2 unspecified atom stereocenters. The Kier molecular flexibility index (Phi) is 23.4. The van der Waals surface area contributed by atoms with Crippen LogP contribution in [0.1, 0.15) is 266 Å². The second-order valence-corrected chi connectivity index (χ2v) is 40.3. The van der Waals surface area contributed by atoms with Crippen LogP contribution in [0.2, 0.25) is 0 Å². The van der Waals surface area contributed by atoms with Gasteiger partial charge in [-0.05, 0) is 275 Å². The molecule has 4 N–H and O–H groups in total. The van der Waals surface area contributed by atoms with Crippen LogP contribution in [-0.2, 0) is 70.3 Å². The van der Waals surface area contributed by atoms with E-state index in [2.05, 4.69) is 28.2 Å². The van der Waals surface area contributed by atoms with Crippen molar-refractivity contribution in [1.29, 1.82) is 0 Å². The molecule has 9 heterocycles. The van der Waals surface area contributed by atoms with E-state index in [1.165, 1.54) is 40.1 Å². The minimum absolute atomic E-state index is 0.0125. The Morgan fingerprint density at radius 1 is 0.454 bits per heavy atom. The van der Waals surface area contributed by atoms with Crippen LogP contribution in [0.3, 0.4) is 0 Å². The molecule has 2 atom stereocenters. The highest BCUT2D eigenvalue weighted by Gasteiger charge is 2.41. The highest BCUT2D eigenvalue weighted by Crippen LogP contribution is 2.55. The Hall–Kier alpha value is -13.1. The third-order valence-electron chi connectivity index (χ3n) is 27.6. The Balaban J connectivity index is 0.660. The second kappa shape index (κ2) is 34.7. The monoisotopic (exact) mass is 1800 g/mol. The van der Waals surface area contributed by atoms with Gasteiger partial charge in [0.2, 0.25) is 20.0 Å². The molecule has 2 amide bonds. The number of aryl methyl sites for hydroxylation is 3. The minimum Gasteiger partial charge on any atom is -0.497 e. The van der Waals surface area contributed by atoms with Crippen LogP contribution in [0.4, 0.5) is 0 Å². The number of carboxylic acids is 2. The fourth-order valence-electron chi connectivity index (χ4n) is 21.2. The maximum Gasteiger partial charge on any atom is 0.341 e. The van der Waals surface area contributed by atoms with Crippen molar-refractivity contribution in [3.63, 3.8) is 0 Å². The molecule has 3 aliphatic carbocycles. The number of esters is 2. The molecule has 0 bridgehead atoms. The van der Waals surface area contributed by atoms with E-state index in [-0.39, 0.29) is 90.3 Å². The van der Waals surface area contributed by atoms with Crippen molar-refractivity contribution < 1.29 is 79.5 Å². The van der Waals surface area contributed by atoms with E-state index in [1.807, 2.05) is 91.0 Å². The second-order valence-electron chi connectivity index (χ2n) is 35.8. The topological polar surface area (TPSA) is 350 Å². The molecule has 28 nitrogen and oxygen atoms in total. The van der Waals surface area contributed by atoms with Crippen molar-refractivity contribution in [2.75, 3.05) is 34.5 Å². The van der Waals surface area contributed by atoms with E-state index in [0.717, 1.165) is 152 Å². The maximum absolute atomic E-state index is 15.2. The van der Waals surface area contributed by atoms with Crippen LogP contribution < -0.4 is 23.7 Å². The number of aromatic nitrogens is 9. The molecule has 0 spiro atoms. The first-order chi connectivity index (χ1) is 62.4. The van der Waals surface area contributed by atoms with Gasteiger partial charge in [-0.15, -0.1) is 0 Å². The Morgan fingerprint density at radius 3 is 1.29 bits per heavy atom. The van der Waals surface area contributed by atoms with E-state index < -0.39 is 66.2 Å². The Bertz CT molecular complexity index is 7050. The first-order valence-electron chi connectivity index (χ1n) is 44.6. The summed E-state index contributed by atoms with van der Waals surface area (Å²) >= 11 is 0. The lowest BCUT2D eigenvalue weighted by Crippen LogP contribution is -2.35. The third kappa shape index (κ3) is 15.7. The summed E-state index contributed by atoms with van der Waals surface area (Å²) in [6, 6.07) is 33.6. The Labute approximate surface area is 753 Å². The molecule has 30 heteroatoms. The summed E-state index contributed by atoms with van der Waals surface area (Å²) in [6.45, 7) is 8.54. The zero-order chi connectivity index (χ0) is 91.4. The smallest absolute Gasteiger partial charge is 0.341 e.